The molecule has 1 aliphatic heterocycles. The summed E-state index contributed by atoms with van der Waals surface area (Å²) in [7, 11) is 0. The lowest BCUT2D eigenvalue weighted by atomic mass is 9.99. The van der Waals surface area contributed by atoms with Gasteiger partial charge in [0.15, 0.2) is 0 Å². The second kappa shape index (κ2) is 5.39. The van der Waals surface area contributed by atoms with Gasteiger partial charge >= 0.3 is 5.97 Å². The van der Waals surface area contributed by atoms with Gasteiger partial charge in [-0.15, -0.1) is 0 Å². The molecule has 2 heterocycles. The molecule has 5 nitrogen and oxygen atoms in total. The van der Waals surface area contributed by atoms with Crippen molar-refractivity contribution in [3.8, 4) is 0 Å². The Kier molecular flexibility index (Phi) is 4.14. The third-order valence-corrected chi connectivity index (χ3v) is 4.71. The summed E-state index contributed by atoms with van der Waals surface area (Å²) in [5.74, 6) is -1.62. The zero-order valence-electron chi connectivity index (χ0n) is 10.5. The van der Waals surface area contributed by atoms with Gasteiger partial charge in [0, 0.05) is 12.7 Å². The van der Waals surface area contributed by atoms with Crippen LogP contribution in [0, 0.1) is 0 Å². The molecule has 0 aliphatic carbocycles. The van der Waals surface area contributed by atoms with Crippen molar-refractivity contribution in [3.05, 3.63) is 27.0 Å². The highest BCUT2D eigenvalue weighted by Gasteiger charge is 2.46. The third kappa shape index (κ3) is 2.34. The summed E-state index contributed by atoms with van der Waals surface area (Å²) in [4.78, 5) is 29.0. The lowest BCUT2D eigenvalue weighted by molar-refractivity contribution is -0.147. The molecule has 1 aromatic heterocycles. The molecule has 2 rings (SSSR count). The molecule has 1 atom stereocenters. The Balaban J connectivity index is 2.42. The van der Waals surface area contributed by atoms with Crippen molar-refractivity contribution in [1.29, 1.82) is 0 Å². The van der Waals surface area contributed by atoms with Gasteiger partial charge in [-0.1, -0.05) is 34.8 Å². The molecule has 20 heavy (non-hydrogen) atoms. The van der Waals surface area contributed by atoms with Crippen LogP contribution in [0.5, 0.6) is 0 Å². The molecule has 1 amide bonds. The standard InChI is InChI=1S/C12H11Cl3N2O3/c1-12(11(19)20)3-2-4-17(12)10(18)9-8(15)7(14)6(13)5-16-9/h5H,2-4H2,1H3,(H,19,20). The maximum Gasteiger partial charge on any atom is 0.329 e. The predicted molar refractivity (Wildman–Crippen MR) is 75.6 cm³/mol. The van der Waals surface area contributed by atoms with Crippen molar-refractivity contribution in [1.82, 2.24) is 9.88 Å². The number of carboxylic acid groups (broad SMARTS) is 1. The molecule has 1 aliphatic rings. The highest BCUT2D eigenvalue weighted by molar-refractivity contribution is 6.48. The van der Waals surface area contributed by atoms with Crippen LogP contribution in [0.15, 0.2) is 6.20 Å². The van der Waals surface area contributed by atoms with Crippen LogP contribution in [0.25, 0.3) is 0 Å². The number of nitrogens with zero attached hydrogens (tertiary/aromatic N) is 2. The number of carbonyl (C=O) groups is 2. The van der Waals surface area contributed by atoms with Crippen molar-refractivity contribution < 1.29 is 14.7 Å². The van der Waals surface area contributed by atoms with Gasteiger partial charge in [-0.2, -0.15) is 0 Å². The summed E-state index contributed by atoms with van der Waals surface area (Å²) >= 11 is 17.6. The van der Waals surface area contributed by atoms with E-state index in [2.05, 4.69) is 4.98 Å². The molecule has 1 N–H and O–H groups in total. The van der Waals surface area contributed by atoms with Crippen molar-refractivity contribution in [2.75, 3.05) is 6.54 Å². The lowest BCUT2D eigenvalue weighted by Gasteiger charge is -2.31. The van der Waals surface area contributed by atoms with E-state index in [0.717, 1.165) is 0 Å². The van der Waals surface area contributed by atoms with Crippen molar-refractivity contribution in [2.45, 2.75) is 25.3 Å². The van der Waals surface area contributed by atoms with E-state index >= 15 is 0 Å². The Hall–Kier alpha value is -1.04. The molecule has 8 heteroatoms. The van der Waals surface area contributed by atoms with E-state index in [4.69, 9.17) is 34.8 Å². The van der Waals surface area contributed by atoms with Gasteiger partial charge in [0.05, 0.1) is 15.1 Å². The van der Waals surface area contributed by atoms with Crippen LogP contribution < -0.4 is 0 Å². The van der Waals surface area contributed by atoms with Gasteiger partial charge in [0.25, 0.3) is 5.91 Å². The highest BCUT2D eigenvalue weighted by Crippen LogP contribution is 2.35. The molecular weight excluding hydrogens is 327 g/mol. The number of carboxylic acids is 1. The van der Waals surface area contributed by atoms with Gasteiger partial charge < -0.3 is 10.0 Å². The number of rotatable bonds is 2. The number of hydrogen-bond donors (Lipinski definition) is 1. The molecule has 108 valence electrons. The van der Waals surface area contributed by atoms with Crippen LogP contribution in [0.2, 0.25) is 15.1 Å². The Bertz CT molecular complexity index is 594. The molecule has 0 bridgehead atoms. The third-order valence-electron chi connectivity index (χ3n) is 3.47. The number of hydrogen-bond acceptors (Lipinski definition) is 3. The minimum atomic E-state index is -1.26. The van der Waals surface area contributed by atoms with Crippen LogP contribution in [0.1, 0.15) is 30.3 Å². The molecule has 1 fully saturated rings. The predicted octanol–water partition coefficient (Wildman–Crippen LogP) is 3.12. The molecule has 1 aromatic rings. The zero-order chi connectivity index (χ0) is 15.1. The number of aromatic nitrogens is 1. The Morgan fingerprint density at radius 2 is 2.00 bits per heavy atom. The maximum absolute atomic E-state index is 12.5. The number of aliphatic carboxylic acids is 1. The molecule has 0 aromatic carbocycles. The molecule has 0 spiro atoms. The first kappa shape index (κ1) is 15.4. The summed E-state index contributed by atoms with van der Waals surface area (Å²) in [6, 6.07) is 0. The Labute approximate surface area is 130 Å². The summed E-state index contributed by atoms with van der Waals surface area (Å²) in [6.07, 6.45) is 2.21. The van der Waals surface area contributed by atoms with Crippen molar-refractivity contribution in [2.24, 2.45) is 0 Å². The number of likely N-dealkylation sites (tertiary alicyclic amines) is 1. The van der Waals surface area contributed by atoms with Crippen LogP contribution in [0.4, 0.5) is 0 Å². The number of pyridine rings is 1. The lowest BCUT2D eigenvalue weighted by Crippen LogP contribution is -2.51. The summed E-state index contributed by atoms with van der Waals surface area (Å²) < 4.78 is 0. The van der Waals surface area contributed by atoms with E-state index in [-0.39, 0.29) is 20.8 Å². The molecule has 1 unspecified atom stereocenters. The minimum Gasteiger partial charge on any atom is -0.480 e. The van der Waals surface area contributed by atoms with E-state index in [0.29, 0.717) is 19.4 Å². The number of halogens is 3. The van der Waals surface area contributed by atoms with Crippen molar-refractivity contribution >= 4 is 46.7 Å². The SMILES string of the molecule is CC1(C(=O)O)CCCN1C(=O)c1ncc(Cl)c(Cl)c1Cl. The van der Waals surface area contributed by atoms with Crippen LogP contribution in [-0.2, 0) is 4.79 Å². The average molecular weight is 338 g/mol. The molecule has 0 saturated carbocycles. The van der Waals surface area contributed by atoms with Gasteiger partial charge in [-0.3, -0.25) is 4.79 Å². The van der Waals surface area contributed by atoms with E-state index in [1.165, 1.54) is 18.0 Å². The maximum atomic E-state index is 12.5. The highest BCUT2D eigenvalue weighted by atomic mass is 35.5. The number of amides is 1. The second-order valence-electron chi connectivity index (χ2n) is 4.72. The Morgan fingerprint density at radius 1 is 1.35 bits per heavy atom. The van der Waals surface area contributed by atoms with E-state index in [9.17, 15) is 14.7 Å². The second-order valence-corrected chi connectivity index (χ2v) is 5.89. The largest absolute Gasteiger partial charge is 0.480 e. The quantitative estimate of drug-likeness (QED) is 0.900. The van der Waals surface area contributed by atoms with Crippen LogP contribution in [0.3, 0.4) is 0 Å². The normalized spacial score (nSPS) is 22.1. The van der Waals surface area contributed by atoms with Gasteiger partial charge in [0.1, 0.15) is 11.2 Å². The van der Waals surface area contributed by atoms with E-state index in [1.54, 1.807) is 0 Å². The number of carbonyl (C=O) groups excluding carboxylic acids is 1. The average Bonchev–Trinajstić information content (AvgIpc) is 2.79. The molecule has 0 radical (unpaired) electrons. The minimum absolute atomic E-state index is 0.0305. The summed E-state index contributed by atoms with van der Waals surface area (Å²) in [5.41, 5.74) is -1.34. The smallest absolute Gasteiger partial charge is 0.329 e. The van der Waals surface area contributed by atoms with E-state index < -0.39 is 17.4 Å². The van der Waals surface area contributed by atoms with Gasteiger partial charge in [-0.25, -0.2) is 9.78 Å². The van der Waals surface area contributed by atoms with Gasteiger partial charge in [-0.05, 0) is 19.8 Å². The fraction of sp³-hybridized carbons (Fsp3) is 0.417. The topological polar surface area (TPSA) is 70.5 Å². The molecule has 1 saturated heterocycles. The monoisotopic (exact) mass is 336 g/mol. The van der Waals surface area contributed by atoms with Gasteiger partial charge in [0.2, 0.25) is 0 Å². The van der Waals surface area contributed by atoms with E-state index in [1.807, 2.05) is 0 Å². The fourth-order valence-corrected chi connectivity index (χ4v) is 2.79. The fourth-order valence-electron chi connectivity index (χ4n) is 2.23. The Morgan fingerprint density at radius 3 is 2.60 bits per heavy atom. The first-order valence-electron chi connectivity index (χ1n) is 5.84. The van der Waals surface area contributed by atoms with Crippen molar-refractivity contribution in [3.63, 3.8) is 0 Å². The van der Waals surface area contributed by atoms with Crippen LogP contribution >= 0.6 is 34.8 Å². The zero-order valence-corrected chi connectivity index (χ0v) is 12.8. The molecular formula is C12H11Cl3N2O3. The first-order chi connectivity index (χ1) is 9.29. The summed E-state index contributed by atoms with van der Waals surface area (Å²) in [5, 5.41) is 9.41. The van der Waals surface area contributed by atoms with Crippen LogP contribution in [-0.4, -0.2) is 39.0 Å². The summed E-state index contributed by atoms with van der Waals surface area (Å²) in [6.45, 7) is 1.84. The first-order valence-corrected chi connectivity index (χ1v) is 6.97.